The molecule has 56 valence electrons. The minimum Gasteiger partial charge on any atom is -0.293 e. The Balaban J connectivity index is 4.04. The van der Waals surface area contributed by atoms with E-state index in [0.29, 0.717) is 0 Å². The van der Waals surface area contributed by atoms with E-state index in [9.17, 15) is 4.21 Å². The van der Waals surface area contributed by atoms with Gasteiger partial charge in [0.25, 0.3) is 0 Å². The van der Waals surface area contributed by atoms with Crippen molar-refractivity contribution in [1.82, 2.24) is 3.82 Å². The largest absolute Gasteiger partial charge is 0.293 e. The summed E-state index contributed by atoms with van der Waals surface area (Å²) in [6.07, 6.45) is 0. The predicted molar refractivity (Wildman–Crippen MR) is 38.2 cm³/mol. The third-order valence-electron chi connectivity index (χ3n) is 0.665. The molecule has 0 saturated carbocycles. The Morgan fingerprint density at radius 3 is 1.89 bits per heavy atom. The molecular formula is C4H10ClNO2S. The van der Waals surface area contributed by atoms with Crippen molar-refractivity contribution < 1.29 is 8.76 Å². The Bertz CT molecular complexity index is 122. The molecule has 9 heavy (non-hydrogen) atoms. The molecule has 0 radical (unpaired) electrons. The summed E-state index contributed by atoms with van der Waals surface area (Å²) in [5, 5.41) is 0. The van der Waals surface area contributed by atoms with E-state index in [1.54, 1.807) is 20.8 Å². The minimum atomic E-state index is -2.08. The maximum atomic E-state index is 10.3. The summed E-state index contributed by atoms with van der Waals surface area (Å²) in [6.45, 7) is 5.23. The molecule has 0 aromatic carbocycles. The van der Waals surface area contributed by atoms with Crippen LogP contribution in [0.25, 0.3) is 0 Å². The first kappa shape index (κ1) is 9.36. The summed E-state index contributed by atoms with van der Waals surface area (Å²) in [6, 6.07) is 0. The van der Waals surface area contributed by atoms with Crippen molar-refractivity contribution >= 4 is 23.0 Å². The van der Waals surface area contributed by atoms with Crippen LogP contribution in [0, 0.1) is 0 Å². The van der Waals surface area contributed by atoms with Crippen LogP contribution in [0.15, 0.2) is 0 Å². The normalized spacial score (nSPS) is 16.2. The van der Waals surface area contributed by atoms with E-state index >= 15 is 0 Å². The molecule has 1 atom stereocenters. The SMILES string of the molecule is CC(C)(C)N(Cl)S(=O)O. The van der Waals surface area contributed by atoms with Crippen LogP contribution in [0.1, 0.15) is 20.8 Å². The molecule has 0 aromatic heterocycles. The van der Waals surface area contributed by atoms with Crippen LogP contribution in [-0.2, 0) is 11.3 Å². The Morgan fingerprint density at radius 1 is 1.56 bits per heavy atom. The van der Waals surface area contributed by atoms with Crippen molar-refractivity contribution in [3.63, 3.8) is 0 Å². The molecule has 0 saturated heterocycles. The van der Waals surface area contributed by atoms with E-state index in [1.807, 2.05) is 0 Å². The number of hydrogen-bond acceptors (Lipinski definition) is 1. The quantitative estimate of drug-likeness (QED) is 0.478. The summed E-state index contributed by atoms with van der Waals surface area (Å²) in [4.78, 5) is 0. The van der Waals surface area contributed by atoms with E-state index in [-0.39, 0.29) is 0 Å². The molecule has 0 fully saturated rings. The Kier molecular flexibility index (Phi) is 3.08. The van der Waals surface area contributed by atoms with E-state index in [2.05, 4.69) is 0 Å². The zero-order valence-corrected chi connectivity index (χ0v) is 7.16. The molecule has 0 aromatic rings. The fraction of sp³-hybridized carbons (Fsp3) is 1.00. The highest BCUT2D eigenvalue weighted by molar-refractivity contribution is 7.77. The van der Waals surface area contributed by atoms with E-state index in [4.69, 9.17) is 16.3 Å². The van der Waals surface area contributed by atoms with Crippen LogP contribution in [0.2, 0.25) is 0 Å². The third kappa shape index (κ3) is 3.15. The van der Waals surface area contributed by atoms with Crippen molar-refractivity contribution in [2.24, 2.45) is 0 Å². The lowest BCUT2D eigenvalue weighted by Crippen LogP contribution is -2.34. The van der Waals surface area contributed by atoms with Gasteiger partial charge < -0.3 is 0 Å². The summed E-state index contributed by atoms with van der Waals surface area (Å²) in [5.41, 5.74) is -0.471. The summed E-state index contributed by atoms with van der Waals surface area (Å²) in [5.74, 6) is 0. The van der Waals surface area contributed by atoms with Gasteiger partial charge in [-0.25, -0.2) is 4.21 Å². The first-order valence-corrected chi connectivity index (χ1v) is 3.83. The molecule has 3 nitrogen and oxygen atoms in total. The van der Waals surface area contributed by atoms with Crippen molar-refractivity contribution in [2.75, 3.05) is 0 Å². The first-order valence-electron chi connectivity index (χ1n) is 2.42. The molecule has 0 aliphatic carbocycles. The molecule has 0 aliphatic heterocycles. The Hall–Kier alpha value is 0.360. The van der Waals surface area contributed by atoms with Crippen molar-refractivity contribution in [3.05, 3.63) is 0 Å². The average Bonchev–Trinajstić information content (AvgIpc) is 1.62. The summed E-state index contributed by atoms with van der Waals surface area (Å²) < 4.78 is 19.5. The highest BCUT2D eigenvalue weighted by Crippen LogP contribution is 2.16. The number of rotatable bonds is 1. The van der Waals surface area contributed by atoms with Crippen LogP contribution in [0.3, 0.4) is 0 Å². The van der Waals surface area contributed by atoms with Crippen LogP contribution in [0.4, 0.5) is 0 Å². The van der Waals surface area contributed by atoms with E-state index in [1.165, 1.54) is 0 Å². The molecule has 5 heteroatoms. The average molecular weight is 172 g/mol. The second-order valence-corrected chi connectivity index (χ2v) is 4.01. The van der Waals surface area contributed by atoms with Gasteiger partial charge in [-0.1, -0.05) is 0 Å². The van der Waals surface area contributed by atoms with Gasteiger partial charge in [0.2, 0.25) is 11.3 Å². The smallest absolute Gasteiger partial charge is 0.249 e. The second kappa shape index (κ2) is 2.96. The zero-order valence-electron chi connectivity index (χ0n) is 5.59. The fourth-order valence-electron chi connectivity index (χ4n) is 0.234. The maximum Gasteiger partial charge on any atom is 0.249 e. The molecule has 0 amide bonds. The van der Waals surface area contributed by atoms with Crippen LogP contribution >= 0.6 is 11.8 Å². The lowest BCUT2D eigenvalue weighted by Gasteiger charge is -2.23. The van der Waals surface area contributed by atoms with Crippen LogP contribution in [-0.4, -0.2) is 18.1 Å². The standard InChI is InChI=1S/C4H10ClNO2S/c1-4(2,3)6(5)9(7)8/h1-3H3,(H,7,8). The number of hydrogen-bond donors (Lipinski definition) is 1. The Labute approximate surface area is 62.5 Å². The highest BCUT2D eigenvalue weighted by atomic mass is 35.5. The first-order chi connectivity index (χ1) is 3.85. The van der Waals surface area contributed by atoms with Gasteiger partial charge in [0, 0.05) is 5.54 Å². The molecule has 0 heterocycles. The van der Waals surface area contributed by atoms with Gasteiger partial charge in [0.1, 0.15) is 0 Å². The number of nitrogens with zero attached hydrogens (tertiary/aromatic N) is 1. The molecule has 1 unspecified atom stereocenters. The molecule has 0 spiro atoms. The van der Waals surface area contributed by atoms with Gasteiger partial charge in [-0.05, 0) is 32.5 Å². The highest BCUT2D eigenvalue weighted by Gasteiger charge is 2.23. The van der Waals surface area contributed by atoms with Crippen molar-refractivity contribution in [1.29, 1.82) is 0 Å². The van der Waals surface area contributed by atoms with Gasteiger partial charge in [-0.2, -0.15) is 0 Å². The fourth-order valence-corrected chi connectivity index (χ4v) is 0.703. The topological polar surface area (TPSA) is 40.5 Å². The van der Waals surface area contributed by atoms with Gasteiger partial charge in [-0.3, -0.25) is 4.55 Å². The predicted octanol–water partition coefficient (Wildman–Crippen LogP) is 1.38. The van der Waals surface area contributed by atoms with E-state index < -0.39 is 16.8 Å². The van der Waals surface area contributed by atoms with Crippen molar-refractivity contribution in [2.45, 2.75) is 26.3 Å². The van der Waals surface area contributed by atoms with Crippen LogP contribution < -0.4 is 0 Å². The molecular weight excluding hydrogens is 162 g/mol. The monoisotopic (exact) mass is 171 g/mol. The van der Waals surface area contributed by atoms with E-state index in [0.717, 1.165) is 3.82 Å². The number of halogens is 1. The summed E-state index contributed by atoms with van der Waals surface area (Å²) in [7, 11) is 0. The molecule has 0 aliphatic rings. The lowest BCUT2D eigenvalue weighted by atomic mass is 10.1. The maximum absolute atomic E-state index is 10.3. The molecule has 1 N–H and O–H groups in total. The summed E-state index contributed by atoms with van der Waals surface area (Å²) >= 11 is 3.29. The second-order valence-electron chi connectivity index (χ2n) is 2.65. The van der Waals surface area contributed by atoms with Gasteiger partial charge in [0.15, 0.2) is 0 Å². The zero-order chi connectivity index (χ0) is 7.65. The van der Waals surface area contributed by atoms with Gasteiger partial charge in [0.05, 0.1) is 0 Å². The third-order valence-corrected chi connectivity index (χ3v) is 2.35. The van der Waals surface area contributed by atoms with Gasteiger partial charge in [-0.15, -0.1) is 3.82 Å². The Morgan fingerprint density at radius 2 is 1.89 bits per heavy atom. The minimum absolute atomic E-state index is 0.471. The molecule has 0 rings (SSSR count). The van der Waals surface area contributed by atoms with Gasteiger partial charge >= 0.3 is 0 Å². The molecule has 0 bridgehead atoms. The van der Waals surface area contributed by atoms with Crippen molar-refractivity contribution in [3.8, 4) is 0 Å². The van der Waals surface area contributed by atoms with Crippen LogP contribution in [0.5, 0.6) is 0 Å². The lowest BCUT2D eigenvalue weighted by molar-refractivity contribution is 0.360.